The van der Waals surface area contributed by atoms with Gasteiger partial charge in [-0.1, -0.05) is 31.3 Å². The van der Waals surface area contributed by atoms with E-state index in [-0.39, 0.29) is 0 Å². The molecule has 0 aliphatic heterocycles. The van der Waals surface area contributed by atoms with Crippen LogP contribution < -0.4 is 0 Å². The van der Waals surface area contributed by atoms with Gasteiger partial charge in [0.2, 0.25) is 0 Å². The minimum atomic E-state index is 0.874. The highest BCUT2D eigenvalue weighted by molar-refractivity contribution is 7.71. The molecule has 2 rings (SSSR count). The molecule has 1 aromatic carbocycles. The number of nitrogens with one attached hydrogen (secondary N) is 1. The van der Waals surface area contributed by atoms with Crippen LogP contribution in [0.3, 0.4) is 0 Å². The topological polar surface area (TPSA) is 15.8 Å². The third-order valence-corrected chi connectivity index (χ3v) is 3.27. The summed E-state index contributed by atoms with van der Waals surface area (Å²) < 4.78 is 0.874. The summed E-state index contributed by atoms with van der Waals surface area (Å²) in [5, 5.41) is 1.29. The molecule has 2 heteroatoms. The maximum Gasteiger partial charge on any atom is 0.106 e. The summed E-state index contributed by atoms with van der Waals surface area (Å²) in [4.78, 5) is 3.33. The highest BCUT2D eigenvalue weighted by Gasteiger charge is 2.03. The van der Waals surface area contributed by atoms with E-state index in [9.17, 15) is 0 Å². The Labute approximate surface area is 95.2 Å². The highest BCUT2D eigenvalue weighted by Crippen LogP contribution is 2.22. The summed E-state index contributed by atoms with van der Waals surface area (Å²) in [5.74, 6) is 0. The average molecular weight is 217 g/mol. The van der Waals surface area contributed by atoms with Crippen molar-refractivity contribution in [2.24, 2.45) is 0 Å². The molecule has 0 saturated carbocycles. The number of aromatic nitrogens is 1. The molecule has 0 aliphatic carbocycles. The van der Waals surface area contributed by atoms with Gasteiger partial charge in [0, 0.05) is 10.9 Å². The second-order valence-electron chi connectivity index (χ2n) is 3.97. The zero-order valence-corrected chi connectivity index (χ0v) is 10.2. The molecule has 2 aromatic rings. The molecule has 0 fully saturated rings. The third kappa shape index (κ3) is 1.70. The first-order valence-corrected chi connectivity index (χ1v) is 5.66. The van der Waals surface area contributed by atoms with Crippen molar-refractivity contribution in [1.29, 1.82) is 0 Å². The summed E-state index contributed by atoms with van der Waals surface area (Å²) in [6.45, 7) is 6.38. The molecule has 1 nitrogen and oxygen atoms in total. The second-order valence-corrected chi connectivity index (χ2v) is 4.37. The fraction of sp³-hybridized carbons (Fsp3) is 0.308. The van der Waals surface area contributed by atoms with Crippen molar-refractivity contribution in [3.05, 3.63) is 39.5 Å². The van der Waals surface area contributed by atoms with E-state index in [4.69, 9.17) is 12.2 Å². The van der Waals surface area contributed by atoms with Crippen LogP contribution >= 0.6 is 12.2 Å². The van der Waals surface area contributed by atoms with E-state index >= 15 is 0 Å². The van der Waals surface area contributed by atoms with Gasteiger partial charge in [0.1, 0.15) is 4.64 Å². The largest absolute Gasteiger partial charge is 0.346 e. The lowest BCUT2D eigenvalue weighted by Crippen LogP contribution is -1.92. The molecule has 78 valence electrons. The minimum absolute atomic E-state index is 0.874. The van der Waals surface area contributed by atoms with Gasteiger partial charge in [0.15, 0.2) is 0 Å². The van der Waals surface area contributed by atoms with Gasteiger partial charge in [0.25, 0.3) is 0 Å². The molecule has 0 amide bonds. The summed E-state index contributed by atoms with van der Waals surface area (Å²) in [5.41, 5.74) is 4.96. The van der Waals surface area contributed by atoms with Gasteiger partial charge >= 0.3 is 0 Å². The molecule has 1 N–H and O–H groups in total. The lowest BCUT2D eigenvalue weighted by atomic mass is 10.0. The number of hydrogen-bond acceptors (Lipinski definition) is 1. The number of rotatable bonds is 1. The number of aryl methyl sites for hydroxylation is 3. The Bertz CT molecular complexity index is 566. The number of hydrogen-bond donors (Lipinski definition) is 1. The molecule has 0 spiro atoms. The Kier molecular flexibility index (Phi) is 2.61. The zero-order valence-electron chi connectivity index (χ0n) is 9.35. The second kappa shape index (κ2) is 3.78. The molecule has 0 saturated heterocycles. The van der Waals surface area contributed by atoms with E-state index in [1.807, 2.05) is 0 Å². The predicted molar refractivity (Wildman–Crippen MR) is 68.0 cm³/mol. The van der Waals surface area contributed by atoms with Crippen LogP contribution in [-0.2, 0) is 6.42 Å². The van der Waals surface area contributed by atoms with Gasteiger partial charge < -0.3 is 4.98 Å². The van der Waals surface area contributed by atoms with E-state index in [1.54, 1.807) is 0 Å². The first kappa shape index (κ1) is 10.4. The van der Waals surface area contributed by atoms with Crippen molar-refractivity contribution in [2.75, 3.05) is 0 Å². The van der Waals surface area contributed by atoms with E-state index in [2.05, 4.69) is 44.0 Å². The maximum atomic E-state index is 5.33. The molecular weight excluding hydrogens is 202 g/mol. The molecule has 1 aromatic heterocycles. The standard InChI is InChI=1S/C13H15NS/c1-4-10-7-11-8(2)5-6-9(3)12(11)14-13(10)15/h5-7H,4H2,1-3H3,(H,14,15). The third-order valence-electron chi connectivity index (χ3n) is 2.90. The van der Waals surface area contributed by atoms with Crippen LogP contribution in [0.25, 0.3) is 10.9 Å². The van der Waals surface area contributed by atoms with Crippen molar-refractivity contribution in [2.45, 2.75) is 27.2 Å². The summed E-state index contributed by atoms with van der Waals surface area (Å²) in [6, 6.07) is 6.51. The molecule has 0 bridgehead atoms. The number of fused-ring (bicyclic) bond motifs is 1. The molecule has 15 heavy (non-hydrogen) atoms. The Morgan fingerprint density at radius 1 is 1.20 bits per heavy atom. The zero-order chi connectivity index (χ0) is 11.0. The summed E-state index contributed by atoms with van der Waals surface area (Å²) in [6.07, 6.45) is 0.985. The smallest absolute Gasteiger partial charge is 0.106 e. The molecule has 0 atom stereocenters. The minimum Gasteiger partial charge on any atom is -0.346 e. The fourth-order valence-electron chi connectivity index (χ4n) is 1.88. The fourth-order valence-corrected chi connectivity index (χ4v) is 2.19. The Balaban J connectivity index is 2.92. The van der Waals surface area contributed by atoms with Crippen LogP contribution in [0.1, 0.15) is 23.6 Å². The first-order chi connectivity index (χ1) is 7.13. The van der Waals surface area contributed by atoms with Gasteiger partial charge in [0.05, 0.1) is 0 Å². The highest BCUT2D eigenvalue weighted by atomic mass is 32.1. The van der Waals surface area contributed by atoms with Crippen molar-refractivity contribution >= 4 is 23.1 Å². The van der Waals surface area contributed by atoms with Crippen molar-refractivity contribution < 1.29 is 0 Å². The number of H-pyrrole nitrogens is 1. The molecule has 1 heterocycles. The quantitative estimate of drug-likeness (QED) is 0.712. The van der Waals surface area contributed by atoms with Crippen molar-refractivity contribution in [3.63, 3.8) is 0 Å². The molecular formula is C13H15NS. The Morgan fingerprint density at radius 3 is 2.53 bits per heavy atom. The Morgan fingerprint density at radius 2 is 1.87 bits per heavy atom. The average Bonchev–Trinajstić information content (AvgIpc) is 2.23. The summed E-state index contributed by atoms with van der Waals surface area (Å²) >= 11 is 5.33. The van der Waals surface area contributed by atoms with E-state index in [0.29, 0.717) is 0 Å². The summed E-state index contributed by atoms with van der Waals surface area (Å²) in [7, 11) is 0. The lowest BCUT2D eigenvalue weighted by molar-refractivity contribution is 1.10. The molecule has 0 unspecified atom stereocenters. The normalized spacial score (nSPS) is 10.9. The number of benzene rings is 1. The van der Waals surface area contributed by atoms with Crippen LogP contribution in [0.4, 0.5) is 0 Å². The lowest BCUT2D eigenvalue weighted by Gasteiger charge is -2.08. The van der Waals surface area contributed by atoms with Crippen molar-refractivity contribution in [3.8, 4) is 0 Å². The van der Waals surface area contributed by atoms with Gasteiger partial charge in [-0.25, -0.2) is 0 Å². The van der Waals surface area contributed by atoms with Gasteiger partial charge in [-0.15, -0.1) is 0 Å². The van der Waals surface area contributed by atoms with E-state index < -0.39 is 0 Å². The van der Waals surface area contributed by atoms with E-state index in [1.165, 1.54) is 27.6 Å². The van der Waals surface area contributed by atoms with E-state index in [0.717, 1.165) is 11.1 Å². The monoisotopic (exact) mass is 217 g/mol. The van der Waals surface area contributed by atoms with Gasteiger partial charge in [-0.2, -0.15) is 0 Å². The van der Waals surface area contributed by atoms with Crippen molar-refractivity contribution in [1.82, 2.24) is 4.98 Å². The maximum absolute atomic E-state index is 5.33. The SMILES string of the molecule is CCc1cc2c(C)ccc(C)c2[nH]c1=S. The van der Waals surface area contributed by atoms with Crippen LogP contribution in [0.5, 0.6) is 0 Å². The predicted octanol–water partition coefficient (Wildman–Crippen LogP) is 4.08. The van der Waals surface area contributed by atoms with Crippen LogP contribution in [-0.4, -0.2) is 4.98 Å². The van der Waals surface area contributed by atoms with Crippen LogP contribution in [0, 0.1) is 18.5 Å². The van der Waals surface area contributed by atoms with Gasteiger partial charge in [-0.05, 0) is 43.0 Å². The van der Waals surface area contributed by atoms with Gasteiger partial charge in [-0.3, -0.25) is 0 Å². The molecule has 0 radical (unpaired) electrons. The number of aromatic amines is 1. The molecule has 0 aliphatic rings. The van der Waals surface area contributed by atoms with Crippen LogP contribution in [0.2, 0.25) is 0 Å². The van der Waals surface area contributed by atoms with Crippen LogP contribution in [0.15, 0.2) is 18.2 Å². The number of pyridine rings is 1. The first-order valence-electron chi connectivity index (χ1n) is 5.25. The Hall–Kier alpha value is -1.15.